The van der Waals surface area contributed by atoms with Crippen LogP contribution in [0.3, 0.4) is 0 Å². The molecule has 1 aliphatic carbocycles. The summed E-state index contributed by atoms with van der Waals surface area (Å²) in [5.74, 6) is 0.441. The van der Waals surface area contributed by atoms with Crippen molar-refractivity contribution in [3.05, 3.63) is 175 Å². The Morgan fingerprint density at radius 2 is 1.00 bits per heavy atom. The fraction of sp³-hybridized carbons (Fsp3) is 0.0870. The van der Waals surface area contributed by atoms with Crippen molar-refractivity contribution < 1.29 is 0 Å². The smallest absolute Gasteiger partial charge is 0.00201 e. The molecule has 1 atom stereocenters. The Bertz CT molecular complexity index is 2290. The van der Waals surface area contributed by atoms with Crippen molar-refractivity contribution in [3.8, 4) is 33.4 Å². The van der Waals surface area contributed by atoms with Crippen molar-refractivity contribution in [2.45, 2.75) is 20.3 Å². The molecule has 46 heavy (non-hydrogen) atoms. The van der Waals surface area contributed by atoms with E-state index in [9.17, 15) is 0 Å². The highest BCUT2D eigenvalue weighted by Crippen LogP contribution is 2.46. The molecule has 0 saturated carbocycles. The fourth-order valence-electron chi connectivity index (χ4n) is 7.31. The van der Waals surface area contributed by atoms with E-state index in [0.717, 1.165) is 6.42 Å². The molecule has 0 N–H and O–H groups in total. The second kappa shape index (κ2) is 11.8. The molecule has 1 unspecified atom stereocenters. The second-order valence-corrected chi connectivity index (χ2v) is 12.4. The van der Waals surface area contributed by atoms with E-state index < -0.39 is 0 Å². The topological polar surface area (TPSA) is 0 Å². The van der Waals surface area contributed by atoms with Gasteiger partial charge in [-0.3, -0.25) is 0 Å². The van der Waals surface area contributed by atoms with Crippen molar-refractivity contribution in [2.24, 2.45) is 5.92 Å². The number of benzene rings is 7. The summed E-state index contributed by atoms with van der Waals surface area (Å²) in [4.78, 5) is 0. The van der Waals surface area contributed by atoms with Crippen molar-refractivity contribution in [1.29, 1.82) is 0 Å². The fourth-order valence-corrected chi connectivity index (χ4v) is 7.31. The summed E-state index contributed by atoms with van der Waals surface area (Å²) in [5.41, 5.74) is 11.5. The van der Waals surface area contributed by atoms with Gasteiger partial charge >= 0.3 is 0 Å². The summed E-state index contributed by atoms with van der Waals surface area (Å²) in [5, 5.41) is 7.66. The van der Waals surface area contributed by atoms with Gasteiger partial charge in [0, 0.05) is 0 Å². The number of hydrogen-bond acceptors (Lipinski definition) is 0. The summed E-state index contributed by atoms with van der Waals surface area (Å²) in [7, 11) is 0. The molecule has 0 spiro atoms. The Kier molecular flexibility index (Phi) is 7.20. The van der Waals surface area contributed by atoms with Crippen LogP contribution in [0.2, 0.25) is 0 Å². The quantitative estimate of drug-likeness (QED) is 0.175. The molecule has 0 heterocycles. The van der Waals surface area contributed by atoms with E-state index in [1.54, 1.807) is 0 Å². The van der Waals surface area contributed by atoms with E-state index in [-0.39, 0.29) is 0 Å². The Hall–Kier alpha value is -5.46. The lowest BCUT2D eigenvalue weighted by molar-refractivity contribution is 0.776. The highest BCUT2D eigenvalue weighted by molar-refractivity contribution is 6.24. The Balaban J connectivity index is 1.39. The van der Waals surface area contributed by atoms with Crippen LogP contribution in [0.15, 0.2) is 169 Å². The molecule has 1 aliphatic rings. The highest BCUT2D eigenvalue weighted by atomic mass is 14.2. The normalized spacial score (nSPS) is 14.8. The first kappa shape index (κ1) is 28.0. The molecule has 0 saturated heterocycles. The summed E-state index contributed by atoms with van der Waals surface area (Å²) >= 11 is 0. The van der Waals surface area contributed by atoms with E-state index in [0.29, 0.717) is 5.92 Å². The van der Waals surface area contributed by atoms with E-state index in [1.165, 1.54) is 82.4 Å². The van der Waals surface area contributed by atoms with Gasteiger partial charge in [-0.15, -0.1) is 0 Å². The van der Waals surface area contributed by atoms with Crippen molar-refractivity contribution >= 4 is 37.9 Å². The summed E-state index contributed by atoms with van der Waals surface area (Å²) in [6.07, 6.45) is 10.4. The molecule has 0 aliphatic heterocycles. The summed E-state index contributed by atoms with van der Waals surface area (Å²) in [6, 6.07) is 51.4. The van der Waals surface area contributed by atoms with Gasteiger partial charge in [-0.05, 0) is 102 Å². The predicted molar refractivity (Wildman–Crippen MR) is 200 cm³/mol. The molecule has 7 aromatic rings. The van der Waals surface area contributed by atoms with Gasteiger partial charge in [-0.2, -0.15) is 0 Å². The third-order valence-corrected chi connectivity index (χ3v) is 9.55. The monoisotopic (exact) mass is 588 g/mol. The molecule has 0 fully saturated rings. The van der Waals surface area contributed by atoms with Crippen LogP contribution < -0.4 is 0 Å². The summed E-state index contributed by atoms with van der Waals surface area (Å²) in [6.45, 7) is 4.46. The summed E-state index contributed by atoms with van der Waals surface area (Å²) < 4.78 is 0. The molecule has 7 aromatic carbocycles. The first-order chi connectivity index (χ1) is 22.7. The van der Waals surface area contributed by atoms with Gasteiger partial charge in [0.2, 0.25) is 0 Å². The van der Waals surface area contributed by atoms with Crippen LogP contribution in [-0.2, 0) is 0 Å². The first-order valence-electron chi connectivity index (χ1n) is 16.4. The SMILES string of the molecule is CCC1C=CC(C)=CC(c2cccc(-c3c4ccccc4c(-c4ccc(-c5ccccc5)c5ccccc45)c4ccccc34)c2)=C1. The minimum atomic E-state index is 0.441. The van der Waals surface area contributed by atoms with Crippen LogP contribution in [0, 0.1) is 5.92 Å². The van der Waals surface area contributed by atoms with Gasteiger partial charge in [-0.1, -0.05) is 170 Å². The van der Waals surface area contributed by atoms with Crippen LogP contribution in [0.5, 0.6) is 0 Å². The zero-order valence-electron chi connectivity index (χ0n) is 26.4. The Morgan fingerprint density at radius 1 is 0.478 bits per heavy atom. The van der Waals surface area contributed by atoms with Crippen molar-refractivity contribution in [1.82, 2.24) is 0 Å². The van der Waals surface area contributed by atoms with Gasteiger partial charge in [-0.25, -0.2) is 0 Å². The van der Waals surface area contributed by atoms with Crippen LogP contribution in [-0.4, -0.2) is 0 Å². The first-order valence-corrected chi connectivity index (χ1v) is 16.4. The molecule has 220 valence electrons. The minimum Gasteiger partial charge on any atom is -0.0773 e. The average Bonchev–Trinajstić information content (AvgIpc) is 3.31. The zero-order chi connectivity index (χ0) is 31.0. The van der Waals surface area contributed by atoms with E-state index in [1.807, 2.05) is 0 Å². The average molecular weight is 589 g/mol. The molecular weight excluding hydrogens is 553 g/mol. The molecular formula is C46H36. The minimum absolute atomic E-state index is 0.441. The maximum Gasteiger partial charge on any atom is -0.00201 e. The standard InChI is InChI=1S/C46H36/c1-3-32-25-24-31(2)28-36(29-32)34-16-13-17-35(30-34)45-40-20-9-11-22-42(40)46(43-23-12-10-21-41(43)45)44-27-26-37(33-14-5-4-6-15-33)38-18-7-8-19-39(38)44/h4-30,32H,3H2,1-2H3. The van der Waals surface area contributed by atoms with Gasteiger partial charge < -0.3 is 0 Å². The third-order valence-electron chi connectivity index (χ3n) is 9.55. The van der Waals surface area contributed by atoms with Crippen molar-refractivity contribution in [2.75, 3.05) is 0 Å². The largest absolute Gasteiger partial charge is 0.0773 e. The van der Waals surface area contributed by atoms with Gasteiger partial charge in [0.1, 0.15) is 0 Å². The molecule has 0 aromatic heterocycles. The molecule has 0 radical (unpaired) electrons. The maximum atomic E-state index is 2.43. The van der Waals surface area contributed by atoms with Crippen LogP contribution in [0.25, 0.3) is 71.3 Å². The maximum absolute atomic E-state index is 2.43. The van der Waals surface area contributed by atoms with E-state index >= 15 is 0 Å². The number of rotatable bonds is 5. The molecule has 0 bridgehead atoms. The number of allylic oxidation sites excluding steroid dienone is 6. The number of fused-ring (bicyclic) bond motifs is 3. The van der Waals surface area contributed by atoms with Crippen LogP contribution in [0.1, 0.15) is 25.8 Å². The van der Waals surface area contributed by atoms with Crippen LogP contribution >= 0.6 is 0 Å². The van der Waals surface area contributed by atoms with Crippen molar-refractivity contribution in [3.63, 3.8) is 0 Å². The van der Waals surface area contributed by atoms with E-state index in [2.05, 4.69) is 178 Å². The van der Waals surface area contributed by atoms with Gasteiger partial charge in [0.25, 0.3) is 0 Å². The van der Waals surface area contributed by atoms with E-state index in [4.69, 9.17) is 0 Å². The second-order valence-electron chi connectivity index (χ2n) is 12.4. The Labute approximate surface area is 271 Å². The molecule has 8 rings (SSSR count). The zero-order valence-corrected chi connectivity index (χ0v) is 26.4. The molecule has 0 nitrogen and oxygen atoms in total. The molecule has 0 heteroatoms. The third kappa shape index (κ3) is 4.88. The van der Waals surface area contributed by atoms with Gasteiger partial charge in [0.05, 0.1) is 0 Å². The Morgan fingerprint density at radius 3 is 1.65 bits per heavy atom. The molecule has 0 amide bonds. The highest BCUT2D eigenvalue weighted by Gasteiger charge is 2.19. The number of hydrogen-bond donors (Lipinski definition) is 0. The lowest BCUT2D eigenvalue weighted by Crippen LogP contribution is -1.93. The lowest BCUT2D eigenvalue weighted by atomic mass is 9.83. The van der Waals surface area contributed by atoms with Crippen LogP contribution in [0.4, 0.5) is 0 Å². The van der Waals surface area contributed by atoms with Gasteiger partial charge in [0.15, 0.2) is 0 Å². The predicted octanol–water partition coefficient (Wildman–Crippen LogP) is 13.1. The lowest BCUT2D eigenvalue weighted by Gasteiger charge is -2.20.